The van der Waals surface area contributed by atoms with Crippen LogP contribution in [-0.4, -0.2) is 35.9 Å². The van der Waals surface area contributed by atoms with E-state index in [0.29, 0.717) is 0 Å². The van der Waals surface area contributed by atoms with E-state index in [9.17, 15) is 14.7 Å². The number of hydrogen-bond donors (Lipinski definition) is 3. The van der Waals surface area contributed by atoms with Gasteiger partial charge in [-0.2, -0.15) is 0 Å². The van der Waals surface area contributed by atoms with Crippen molar-refractivity contribution in [3.63, 3.8) is 0 Å². The van der Waals surface area contributed by atoms with Crippen LogP contribution in [0.25, 0.3) is 11.1 Å². The standard InChI is InChI=1S/C22H28N2O4/c1-22(2,3)28-21(27)24-19(20(25)26)13-15-8-10-17(11-9-15)18-7-5-6-16(12-18)14-23-4/h5-12,19,23H,13-14H2,1-4H3,(H,24,27)(H,25,26). The number of carboxylic acids is 1. The van der Waals surface area contributed by atoms with Gasteiger partial charge in [-0.15, -0.1) is 0 Å². The van der Waals surface area contributed by atoms with Gasteiger partial charge in [0.25, 0.3) is 0 Å². The van der Waals surface area contributed by atoms with Crippen LogP contribution in [-0.2, 0) is 22.5 Å². The monoisotopic (exact) mass is 384 g/mol. The van der Waals surface area contributed by atoms with Crippen LogP contribution in [0.2, 0.25) is 0 Å². The van der Waals surface area contributed by atoms with E-state index in [0.717, 1.165) is 23.2 Å². The summed E-state index contributed by atoms with van der Waals surface area (Å²) in [4.78, 5) is 23.4. The Morgan fingerprint density at radius 2 is 1.71 bits per heavy atom. The van der Waals surface area contributed by atoms with Gasteiger partial charge in [0.15, 0.2) is 0 Å². The highest BCUT2D eigenvalue weighted by Gasteiger charge is 2.24. The van der Waals surface area contributed by atoms with Crippen molar-refractivity contribution in [2.24, 2.45) is 0 Å². The Balaban J connectivity index is 2.08. The summed E-state index contributed by atoms with van der Waals surface area (Å²) < 4.78 is 5.15. The number of hydrogen-bond acceptors (Lipinski definition) is 4. The van der Waals surface area contributed by atoms with E-state index in [1.807, 2.05) is 43.4 Å². The molecule has 0 aliphatic heterocycles. The number of carboxylic acid groups (broad SMARTS) is 1. The van der Waals surface area contributed by atoms with E-state index in [4.69, 9.17) is 4.74 Å². The quantitative estimate of drug-likeness (QED) is 0.679. The number of aliphatic carboxylic acids is 1. The van der Waals surface area contributed by atoms with E-state index >= 15 is 0 Å². The van der Waals surface area contributed by atoms with E-state index in [1.165, 1.54) is 5.56 Å². The van der Waals surface area contributed by atoms with E-state index in [-0.39, 0.29) is 6.42 Å². The predicted molar refractivity (Wildman–Crippen MR) is 109 cm³/mol. The Hall–Kier alpha value is -2.86. The zero-order valence-corrected chi connectivity index (χ0v) is 16.8. The molecular weight excluding hydrogens is 356 g/mol. The average molecular weight is 384 g/mol. The molecule has 0 aliphatic rings. The van der Waals surface area contributed by atoms with Crippen molar-refractivity contribution in [1.82, 2.24) is 10.6 Å². The maximum atomic E-state index is 11.9. The van der Waals surface area contributed by atoms with Gasteiger partial charge >= 0.3 is 12.1 Å². The molecule has 0 heterocycles. The summed E-state index contributed by atoms with van der Waals surface area (Å²) >= 11 is 0. The van der Waals surface area contributed by atoms with Gasteiger partial charge in [-0.25, -0.2) is 9.59 Å². The normalized spacial score (nSPS) is 12.3. The maximum absolute atomic E-state index is 11.9. The fourth-order valence-corrected chi connectivity index (χ4v) is 2.78. The SMILES string of the molecule is CNCc1cccc(-c2ccc(CC(NC(=O)OC(C)(C)C)C(=O)O)cc2)c1. The van der Waals surface area contributed by atoms with Crippen molar-refractivity contribution in [3.05, 3.63) is 59.7 Å². The molecule has 28 heavy (non-hydrogen) atoms. The first-order chi connectivity index (χ1) is 13.2. The molecule has 6 nitrogen and oxygen atoms in total. The van der Waals surface area contributed by atoms with Crippen molar-refractivity contribution in [1.29, 1.82) is 0 Å². The van der Waals surface area contributed by atoms with Crippen molar-refractivity contribution in [3.8, 4) is 11.1 Å². The minimum absolute atomic E-state index is 0.175. The van der Waals surface area contributed by atoms with E-state index in [2.05, 4.69) is 22.8 Å². The molecule has 0 fully saturated rings. The number of nitrogens with one attached hydrogen (secondary N) is 2. The minimum atomic E-state index is -1.10. The number of rotatable bonds is 7. The first-order valence-electron chi connectivity index (χ1n) is 9.23. The average Bonchev–Trinajstić information content (AvgIpc) is 2.60. The second kappa shape index (κ2) is 9.37. The first-order valence-corrected chi connectivity index (χ1v) is 9.23. The van der Waals surface area contributed by atoms with Crippen molar-refractivity contribution < 1.29 is 19.4 Å². The molecule has 1 amide bonds. The zero-order valence-electron chi connectivity index (χ0n) is 16.8. The number of ether oxygens (including phenoxy) is 1. The molecule has 0 saturated heterocycles. The van der Waals surface area contributed by atoms with Crippen LogP contribution < -0.4 is 10.6 Å². The Labute approximate surface area is 165 Å². The maximum Gasteiger partial charge on any atom is 0.408 e. The van der Waals surface area contributed by atoms with Crippen molar-refractivity contribution in [2.45, 2.75) is 45.4 Å². The molecule has 2 aromatic rings. The predicted octanol–water partition coefficient (Wildman–Crippen LogP) is 3.59. The van der Waals surface area contributed by atoms with Gasteiger partial charge in [-0.1, -0.05) is 42.5 Å². The van der Waals surface area contributed by atoms with Gasteiger partial charge in [-0.05, 0) is 56.1 Å². The van der Waals surface area contributed by atoms with E-state index in [1.54, 1.807) is 20.8 Å². The van der Waals surface area contributed by atoms with Gasteiger partial charge in [0, 0.05) is 13.0 Å². The third-order valence-corrected chi connectivity index (χ3v) is 4.02. The number of carbonyl (C=O) groups is 2. The number of benzene rings is 2. The van der Waals surface area contributed by atoms with Crippen LogP contribution in [0.1, 0.15) is 31.9 Å². The molecule has 1 atom stereocenters. The van der Waals surface area contributed by atoms with Crippen molar-refractivity contribution in [2.75, 3.05) is 7.05 Å². The van der Waals surface area contributed by atoms with Gasteiger partial charge < -0.3 is 20.5 Å². The smallest absolute Gasteiger partial charge is 0.408 e. The molecule has 2 aromatic carbocycles. The Bertz CT molecular complexity index is 810. The summed E-state index contributed by atoms with van der Waals surface area (Å²) in [5, 5.41) is 15.0. The third-order valence-electron chi connectivity index (χ3n) is 4.02. The molecule has 150 valence electrons. The van der Waals surface area contributed by atoms with Gasteiger partial charge in [0.2, 0.25) is 0 Å². The van der Waals surface area contributed by atoms with Gasteiger partial charge in [0.05, 0.1) is 0 Å². The summed E-state index contributed by atoms with van der Waals surface area (Å²) in [5.41, 5.74) is 3.47. The molecule has 1 unspecified atom stereocenters. The molecule has 0 aliphatic carbocycles. The lowest BCUT2D eigenvalue weighted by molar-refractivity contribution is -0.139. The summed E-state index contributed by atoms with van der Waals surface area (Å²) in [6.07, 6.45) is -0.563. The number of alkyl carbamates (subject to hydrolysis) is 1. The molecular formula is C22H28N2O4. The Morgan fingerprint density at radius 1 is 1.04 bits per heavy atom. The van der Waals surface area contributed by atoms with Crippen LogP contribution in [0.4, 0.5) is 4.79 Å². The first kappa shape index (κ1) is 21.4. The number of carbonyl (C=O) groups excluding carboxylic acids is 1. The summed E-state index contributed by atoms with van der Waals surface area (Å²) in [6.45, 7) is 5.98. The molecule has 2 rings (SSSR count). The summed E-state index contributed by atoms with van der Waals surface area (Å²) in [7, 11) is 1.91. The molecule has 0 saturated carbocycles. The molecule has 0 bridgehead atoms. The molecule has 0 spiro atoms. The molecule has 0 aromatic heterocycles. The Kier molecular flexibility index (Phi) is 7.18. The Morgan fingerprint density at radius 3 is 2.29 bits per heavy atom. The lowest BCUT2D eigenvalue weighted by atomic mass is 9.99. The molecule has 3 N–H and O–H groups in total. The van der Waals surface area contributed by atoms with Crippen LogP contribution in [0.5, 0.6) is 0 Å². The van der Waals surface area contributed by atoms with Gasteiger partial charge in [-0.3, -0.25) is 0 Å². The zero-order chi connectivity index (χ0) is 20.7. The van der Waals surface area contributed by atoms with Crippen LogP contribution in [0, 0.1) is 0 Å². The third kappa shape index (κ3) is 6.70. The molecule has 6 heteroatoms. The topological polar surface area (TPSA) is 87.7 Å². The fourth-order valence-electron chi connectivity index (χ4n) is 2.78. The highest BCUT2D eigenvalue weighted by molar-refractivity contribution is 5.80. The fraction of sp³-hybridized carbons (Fsp3) is 0.364. The second-order valence-electron chi connectivity index (χ2n) is 7.67. The second-order valence-corrected chi connectivity index (χ2v) is 7.67. The van der Waals surface area contributed by atoms with Crippen LogP contribution >= 0.6 is 0 Å². The van der Waals surface area contributed by atoms with E-state index < -0.39 is 23.7 Å². The number of amides is 1. The highest BCUT2D eigenvalue weighted by atomic mass is 16.6. The highest BCUT2D eigenvalue weighted by Crippen LogP contribution is 2.21. The van der Waals surface area contributed by atoms with Crippen molar-refractivity contribution >= 4 is 12.1 Å². The lowest BCUT2D eigenvalue weighted by Crippen LogP contribution is -2.44. The largest absolute Gasteiger partial charge is 0.480 e. The summed E-state index contributed by atoms with van der Waals surface area (Å²) in [6, 6.07) is 14.9. The minimum Gasteiger partial charge on any atom is -0.480 e. The van der Waals surface area contributed by atoms with Crippen LogP contribution in [0.3, 0.4) is 0 Å². The summed E-state index contributed by atoms with van der Waals surface area (Å²) in [5.74, 6) is -1.10. The van der Waals surface area contributed by atoms with Crippen LogP contribution in [0.15, 0.2) is 48.5 Å². The lowest BCUT2D eigenvalue weighted by Gasteiger charge is -2.22. The molecule has 0 radical (unpaired) electrons. The van der Waals surface area contributed by atoms with Gasteiger partial charge in [0.1, 0.15) is 11.6 Å².